The molecule has 0 aliphatic rings. The fourth-order valence-electron chi connectivity index (χ4n) is 1.51. The first-order valence-electron chi connectivity index (χ1n) is 4.88. The quantitative estimate of drug-likeness (QED) is 0.773. The van der Waals surface area contributed by atoms with Gasteiger partial charge in [-0.3, -0.25) is 5.10 Å². The first kappa shape index (κ1) is 10.2. The Kier molecular flexibility index (Phi) is 2.78. The number of aryl methyl sites for hydroxylation is 2. The van der Waals surface area contributed by atoms with Crippen molar-refractivity contribution in [3.8, 4) is 0 Å². The predicted molar refractivity (Wildman–Crippen MR) is 62.2 cm³/mol. The van der Waals surface area contributed by atoms with Gasteiger partial charge in [-0.1, -0.05) is 18.2 Å². The molecule has 0 bridgehead atoms. The zero-order chi connectivity index (χ0) is 10.8. The minimum absolute atomic E-state index is 0.122. The van der Waals surface area contributed by atoms with Crippen molar-refractivity contribution in [1.82, 2.24) is 10.2 Å². The molecule has 0 fully saturated rings. The predicted octanol–water partition coefficient (Wildman–Crippen LogP) is 3.35. The number of halogens is 1. The molecule has 3 heteroatoms. The van der Waals surface area contributed by atoms with Crippen molar-refractivity contribution in [3.63, 3.8) is 0 Å². The van der Waals surface area contributed by atoms with Gasteiger partial charge in [-0.25, -0.2) is 0 Å². The fraction of sp³-hybridized carbons (Fsp3) is 0.250. The number of alkyl halides is 1. The van der Waals surface area contributed by atoms with E-state index in [1.54, 1.807) is 6.20 Å². The van der Waals surface area contributed by atoms with Crippen LogP contribution in [-0.4, -0.2) is 10.2 Å². The Bertz CT molecular complexity index is 449. The van der Waals surface area contributed by atoms with E-state index < -0.39 is 0 Å². The van der Waals surface area contributed by atoms with Crippen molar-refractivity contribution in [2.45, 2.75) is 19.2 Å². The summed E-state index contributed by atoms with van der Waals surface area (Å²) in [5, 5.41) is 6.55. The van der Waals surface area contributed by atoms with Crippen LogP contribution in [0.4, 0.5) is 0 Å². The summed E-state index contributed by atoms with van der Waals surface area (Å²) >= 11 is 6.34. The number of hydrogen-bond donors (Lipinski definition) is 1. The lowest BCUT2D eigenvalue weighted by atomic mass is 10.0. The van der Waals surface area contributed by atoms with Crippen LogP contribution in [0.3, 0.4) is 0 Å². The molecule has 0 amide bonds. The van der Waals surface area contributed by atoms with Gasteiger partial charge in [0, 0.05) is 11.8 Å². The smallest absolute Gasteiger partial charge is 0.0865 e. The molecule has 2 rings (SSSR count). The number of benzene rings is 1. The van der Waals surface area contributed by atoms with Gasteiger partial charge in [0.1, 0.15) is 0 Å². The number of nitrogens with one attached hydrogen (secondary N) is 1. The Morgan fingerprint density at radius 2 is 2.00 bits per heavy atom. The molecule has 1 N–H and O–H groups in total. The monoisotopic (exact) mass is 220 g/mol. The molecule has 0 aliphatic heterocycles. The molecule has 15 heavy (non-hydrogen) atoms. The van der Waals surface area contributed by atoms with Crippen LogP contribution >= 0.6 is 11.6 Å². The lowest BCUT2D eigenvalue weighted by Crippen LogP contribution is -1.93. The minimum atomic E-state index is -0.122. The highest BCUT2D eigenvalue weighted by molar-refractivity contribution is 6.22. The number of aromatic amines is 1. The zero-order valence-corrected chi connectivity index (χ0v) is 9.55. The highest BCUT2D eigenvalue weighted by atomic mass is 35.5. The molecule has 2 aromatic rings. The van der Waals surface area contributed by atoms with E-state index in [0.29, 0.717) is 0 Å². The maximum atomic E-state index is 6.34. The molecule has 0 aliphatic carbocycles. The van der Waals surface area contributed by atoms with E-state index >= 15 is 0 Å². The van der Waals surface area contributed by atoms with Crippen molar-refractivity contribution in [2.75, 3.05) is 0 Å². The normalized spacial score (nSPS) is 12.7. The van der Waals surface area contributed by atoms with Crippen molar-refractivity contribution >= 4 is 11.6 Å². The third-order valence-corrected chi connectivity index (χ3v) is 3.14. The van der Waals surface area contributed by atoms with Gasteiger partial charge >= 0.3 is 0 Å². The first-order chi connectivity index (χ1) is 7.18. The maximum Gasteiger partial charge on any atom is 0.0865 e. The maximum absolute atomic E-state index is 6.34. The fourth-order valence-corrected chi connectivity index (χ4v) is 1.77. The third-order valence-electron chi connectivity index (χ3n) is 2.64. The second kappa shape index (κ2) is 4.07. The van der Waals surface area contributed by atoms with Gasteiger partial charge < -0.3 is 0 Å². The van der Waals surface area contributed by atoms with Crippen LogP contribution in [-0.2, 0) is 0 Å². The molecule has 0 spiro atoms. The van der Waals surface area contributed by atoms with Crippen molar-refractivity contribution in [2.24, 2.45) is 0 Å². The topological polar surface area (TPSA) is 28.7 Å². The lowest BCUT2D eigenvalue weighted by Gasteiger charge is -2.09. The second-order valence-corrected chi connectivity index (χ2v) is 4.17. The number of aromatic nitrogens is 2. The summed E-state index contributed by atoms with van der Waals surface area (Å²) in [4.78, 5) is 0. The summed E-state index contributed by atoms with van der Waals surface area (Å²) in [6, 6.07) is 6.28. The highest BCUT2D eigenvalue weighted by Gasteiger charge is 2.11. The largest absolute Gasteiger partial charge is 0.285 e. The summed E-state index contributed by atoms with van der Waals surface area (Å²) in [5.41, 5.74) is 4.66. The van der Waals surface area contributed by atoms with Gasteiger partial charge in [0.05, 0.1) is 11.6 Å². The van der Waals surface area contributed by atoms with Gasteiger partial charge in [0.15, 0.2) is 0 Å². The Labute approximate surface area is 94.3 Å². The molecule has 1 atom stereocenters. The van der Waals surface area contributed by atoms with Crippen LogP contribution in [0.2, 0.25) is 0 Å². The molecule has 1 heterocycles. The first-order valence-corrected chi connectivity index (χ1v) is 5.32. The van der Waals surface area contributed by atoms with Crippen molar-refractivity contribution in [1.29, 1.82) is 0 Å². The van der Waals surface area contributed by atoms with Crippen LogP contribution in [0, 0.1) is 13.8 Å². The average molecular weight is 221 g/mol. The van der Waals surface area contributed by atoms with Crippen LogP contribution in [0.15, 0.2) is 30.6 Å². The molecule has 1 unspecified atom stereocenters. The van der Waals surface area contributed by atoms with Gasteiger partial charge in [-0.05, 0) is 30.5 Å². The molecule has 0 radical (unpaired) electrons. The van der Waals surface area contributed by atoms with E-state index in [9.17, 15) is 0 Å². The summed E-state index contributed by atoms with van der Waals surface area (Å²) < 4.78 is 0. The highest BCUT2D eigenvalue weighted by Crippen LogP contribution is 2.28. The van der Waals surface area contributed by atoms with Crippen LogP contribution in [0.1, 0.15) is 27.6 Å². The Morgan fingerprint density at radius 1 is 1.20 bits per heavy atom. The molecule has 0 saturated heterocycles. The SMILES string of the molecule is Cc1ccc(C(Cl)c2cn[nH]c2)cc1C. The summed E-state index contributed by atoms with van der Waals surface area (Å²) in [6.45, 7) is 4.19. The van der Waals surface area contributed by atoms with Crippen LogP contribution in [0.5, 0.6) is 0 Å². The molecular weight excluding hydrogens is 208 g/mol. The van der Waals surface area contributed by atoms with Gasteiger partial charge in [-0.2, -0.15) is 5.10 Å². The van der Waals surface area contributed by atoms with E-state index in [1.807, 2.05) is 6.20 Å². The molecule has 78 valence electrons. The van der Waals surface area contributed by atoms with Crippen molar-refractivity contribution < 1.29 is 0 Å². The standard InChI is InChI=1S/C12H13ClN2/c1-8-3-4-10(5-9(8)2)12(13)11-6-14-15-7-11/h3-7,12H,1-2H3,(H,14,15). The van der Waals surface area contributed by atoms with Crippen LogP contribution < -0.4 is 0 Å². The third kappa shape index (κ3) is 2.05. The Balaban J connectivity index is 2.34. The molecule has 0 saturated carbocycles. The van der Waals surface area contributed by atoms with Gasteiger partial charge in [0.25, 0.3) is 0 Å². The number of nitrogens with zero attached hydrogens (tertiary/aromatic N) is 1. The Hall–Kier alpha value is -1.28. The molecule has 2 nitrogen and oxygen atoms in total. The van der Waals surface area contributed by atoms with Gasteiger partial charge in [0.2, 0.25) is 0 Å². The lowest BCUT2D eigenvalue weighted by molar-refractivity contribution is 1.09. The number of hydrogen-bond acceptors (Lipinski definition) is 1. The molecule has 1 aromatic carbocycles. The summed E-state index contributed by atoms with van der Waals surface area (Å²) in [5.74, 6) is 0. The number of rotatable bonds is 2. The van der Waals surface area contributed by atoms with E-state index in [4.69, 9.17) is 11.6 Å². The van der Waals surface area contributed by atoms with E-state index in [1.165, 1.54) is 11.1 Å². The van der Waals surface area contributed by atoms with E-state index in [0.717, 1.165) is 11.1 Å². The molecule has 1 aromatic heterocycles. The summed E-state index contributed by atoms with van der Waals surface area (Å²) in [7, 11) is 0. The second-order valence-electron chi connectivity index (χ2n) is 3.74. The number of H-pyrrole nitrogens is 1. The van der Waals surface area contributed by atoms with E-state index in [-0.39, 0.29) is 5.38 Å². The average Bonchev–Trinajstić information content (AvgIpc) is 2.74. The summed E-state index contributed by atoms with van der Waals surface area (Å²) in [6.07, 6.45) is 3.58. The van der Waals surface area contributed by atoms with Crippen molar-refractivity contribution in [3.05, 3.63) is 52.8 Å². The van der Waals surface area contributed by atoms with Crippen LogP contribution in [0.25, 0.3) is 0 Å². The van der Waals surface area contributed by atoms with Gasteiger partial charge in [-0.15, -0.1) is 11.6 Å². The minimum Gasteiger partial charge on any atom is -0.285 e. The van der Waals surface area contributed by atoms with E-state index in [2.05, 4.69) is 42.2 Å². The zero-order valence-electron chi connectivity index (χ0n) is 8.79. The molecular formula is C12H13ClN2. The Morgan fingerprint density at radius 3 is 2.60 bits per heavy atom.